The lowest BCUT2D eigenvalue weighted by Gasteiger charge is -2.18. The van der Waals surface area contributed by atoms with E-state index < -0.39 is 10.0 Å². The molecule has 0 radical (unpaired) electrons. The minimum atomic E-state index is -3.70. The van der Waals surface area contributed by atoms with Crippen LogP contribution in [0.2, 0.25) is 0 Å². The van der Waals surface area contributed by atoms with Crippen molar-refractivity contribution < 1.29 is 13.2 Å². The van der Waals surface area contributed by atoms with Crippen molar-refractivity contribution in [1.82, 2.24) is 14.2 Å². The predicted octanol–water partition coefficient (Wildman–Crippen LogP) is 1.14. The van der Waals surface area contributed by atoms with Crippen molar-refractivity contribution in [3.63, 3.8) is 0 Å². The van der Waals surface area contributed by atoms with Gasteiger partial charge in [-0.25, -0.2) is 13.4 Å². The number of amides is 1. The average Bonchev–Trinajstić information content (AvgIpc) is 3.26. The third-order valence-corrected chi connectivity index (χ3v) is 6.71. The van der Waals surface area contributed by atoms with Gasteiger partial charge < -0.3 is 10.6 Å². The molecule has 1 fully saturated rings. The molecule has 0 spiro atoms. The topological polar surface area (TPSA) is 96.6 Å². The van der Waals surface area contributed by atoms with Gasteiger partial charge in [-0.3, -0.25) is 4.79 Å². The average molecular weight is 380 g/mol. The predicted molar refractivity (Wildman–Crippen MR) is 95.7 cm³/mol. The van der Waals surface area contributed by atoms with Crippen molar-refractivity contribution in [1.29, 1.82) is 0 Å². The Morgan fingerprint density at radius 2 is 2.28 bits per heavy atom. The second-order valence-corrected chi connectivity index (χ2v) is 9.04. The fourth-order valence-electron chi connectivity index (χ4n) is 2.73. The molecule has 1 aliphatic rings. The molecule has 2 aromatic rings. The van der Waals surface area contributed by atoms with Crippen LogP contribution in [0.25, 0.3) is 0 Å². The summed E-state index contributed by atoms with van der Waals surface area (Å²) in [6, 6.07) is 6.14. The Hall–Kier alpha value is -1.81. The summed E-state index contributed by atoms with van der Waals surface area (Å²) in [4.78, 5) is 18.4. The lowest BCUT2D eigenvalue weighted by molar-refractivity contribution is 0.0790. The quantitative estimate of drug-likeness (QED) is 0.839. The van der Waals surface area contributed by atoms with E-state index in [2.05, 4.69) is 4.98 Å². The molecule has 1 aliphatic heterocycles. The minimum Gasteiger partial charge on any atom is -0.337 e. The molecule has 3 rings (SSSR count). The van der Waals surface area contributed by atoms with Crippen molar-refractivity contribution in [2.24, 2.45) is 5.73 Å². The summed E-state index contributed by atoms with van der Waals surface area (Å²) in [5.74, 6) is -0.187. The summed E-state index contributed by atoms with van der Waals surface area (Å²) in [7, 11) is -2.20. The van der Waals surface area contributed by atoms with Crippen LogP contribution < -0.4 is 5.73 Å². The third-order valence-electron chi connectivity index (χ3n) is 4.14. The van der Waals surface area contributed by atoms with Gasteiger partial charge in [0.15, 0.2) is 0 Å². The van der Waals surface area contributed by atoms with Gasteiger partial charge in [0, 0.05) is 43.3 Å². The SMILES string of the molecule is CN(Cc1nccs1)S(=O)(=O)c1cccc(C(=O)N2CC[C@@H](N)C2)c1. The number of carbonyl (C=O) groups is 1. The van der Waals surface area contributed by atoms with E-state index in [1.54, 1.807) is 28.6 Å². The molecule has 0 unspecified atom stereocenters. The number of nitrogens with two attached hydrogens (primary N) is 1. The van der Waals surface area contributed by atoms with E-state index in [-0.39, 0.29) is 23.4 Å². The lowest BCUT2D eigenvalue weighted by Crippen LogP contribution is -2.32. The first kappa shape index (κ1) is 18.0. The molecule has 0 bridgehead atoms. The third kappa shape index (κ3) is 3.90. The molecule has 1 aromatic carbocycles. The number of aromatic nitrogens is 1. The number of carbonyl (C=O) groups excluding carboxylic acids is 1. The molecule has 7 nitrogen and oxygen atoms in total. The first-order valence-corrected chi connectivity index (χ1v) is 10.2. The van der Waals surface area contributed by atoms with Crippen LogP contribution in [0.3, 0.4) is 0 Å². The number of sulfonamides is 1. The zero-order valence-corrected chi connectivity index (χ0v) is 15.5. The first-order chi connectivity index (χ1) is 11.9. The zero-order chi connectivity index (χ0) is 18.0. The number of likely N-dealkylation sites (tertiary alicyclic amines) is 1. The smallest absolute Gasteiger partial charge is 0.253 e. The van der Waals surface area contributed by atoms with E-state index in [1.807, 2.05) is 0 Å². The summed E-state index contributed by atoms with van der Waals surface area (Å²) >= 11 is 1.40. The van der Waals surface area contributed by atoms with E-state index >= 15 is 0 Å². The van der Waals surface area contributed by atoms with Crippen LogP contribution in [0.15, 0.2) is 40.7 Å². The van der Waals surface area contributed by atoms with E-state index in [0.29, 0.717) is 23.7 Å². The van der Waals surface area contributed by atoms with Crippen molar-refractivity contribution >= 4 is 27.3 Å². The fourth-order valence-corrected chi connectivity index (χ4v) is 4.66. The molecule has 0 aliphatic carbocycles. The summed E-state index contributed by atoms with van der Waals surface area (Å²) in [5.41, 5.74) is 6.20. The Kier molecular flexibility index (Phi) is 5.19. The van der Waals surface area contributed by atoms with Crippen molar-refractivity contribution in [3.8, 4) is 0 Å². The Morgan fingerprint density at radius 1 is 1.48 bits per heavy atom. The molecule has 1 saturated heterocycles. The number of thiazole rings is 1. The van der Waals surface area contributed by atoms with Gasteiger partial charge in [-0.2, -0.15) is 4.31 Å². The van der Waals surface area contributed by atoms with E-state index in [1.165, 1.54) is 34.8 Å². The Morgan fingerprint density at radius 3 is 2.92 bits per heavy atom. The highest BCUT2D eigenvalue weighted by Crippen LogP contribution is 2.20. The maximum Gasteiger partial charge on any atom is 0.253 e. The summed E-state index contributed by atoms with van der Waals surface area (Å²) in [6.07, 6.45) is 2.40. The van der Waals surface area contributed by atoms with Gasteiger partial charge in [-0.05, 0) is 24.6 Å². The number of hydrogen-bond donors (Lipinski definition) is 1. The normalized spacial score (nSPS) is 18.0. The van der Waals surface area contributed by atoms with Crippen LogP contribution in [0.5, 0.6) is 0 Å². The monoisotopic (exact) mass is 380 g/mol. The minimum absolute atomic E-state index is 0.0136. The Balaban J connectivity index is 1.81. The molecule has 1 amide bonds. The van der Waals surface area contributed by atoms with Gasteiger partial charge in [0.25, 0.3) is 5.91 Å². The van der Waals surface area contributed by atoms with E-state index in [4.69, 9.17) is 5.73 Å². The van der Waals surface area contributed by atoms with Crippen molar-refractivity contribution in [3.05, 3.63) is 46.4 Å². The highest BCUT2D eigenvalue weighted by atomic mass is 32.2. The molecule has 2 heterocycles. The highest BCUT2D eigenvalue weighted by Gasteiger charge is 2.27. The maximum absolute atomic E-state index is 12.8. The number of hydrogen-bond acceptors (Lipinski definition) is 6. The molecular weight excluding hydrogens is 360 g/mol. The van der Waals surface area contributed by atoms with Crippen LogP contribution in [0.4, 0.5) is 0 Å². The van der Waals surface area contributed by atoms with Gasteiger partial charge in [0.05, 0.1) is 11.4 Å². The van der Waals surface area contributed by atoms with Crippen LogP contribution in [-0.2, 0) is 16.6 Å². The summed E-state index contributed by atoms with van der Waals surface area (Å²) in [5, 5.41) is 2.51. The van der Waals surface area contributed by atoms with E-state index in [9.17, 15) is 13.2 Å². The molecule has 2 N–H and O–H groups in total. The van der Waals surface area contributed by atoms with Crippen LogP contribution in [0.1, 0.15) is 21.8 Å². The molecule has 1 atom stereocenters. The number of rotatable bonds is 5. The van der Waals surface area contributed by atoms with Crippen LogP contribution in [0, 0.1) is 0 Å². The van der Waals surface area contributed by atoms with Gasteiger partial charge in [-0.1, -0.05) is 6.07 Å². The molecule has 9 heteroatoms. The Bertz CT molecular complexity index is 852. The molecule has 25 heavy (non-hydrogen) atoms. The van der Waals surface area contributed by atoms with Crippen molar-refractivity contribution in [2.75, 3.05) is 20.1 Å². The first-order valence-electron chi connectivity index (χ1n) is 7.87. The molecule has 0 saturated carbocycles. The number of benzene rings is 1. The van der Waals surface area contributed by atoms with Gasteiger partial charge in [-0.15, -0.1) is 11.3 Å². The number of nitrogens with zero attached hydrogens (tertiary/aromatic N) is 3. The van der Waals surface area contributed by atoms with Crippen molar-refractivity contribution in [2.45, 2.75) is 23.9 Å². The highest BCUT2D eigenvalue weighted by molar-refractivity contribution is 7.89. The van der Waals surface area contributed by atoms with Gasteiger partial charge >= 0.3 is 0 Å². The standard InChI is InChI=1S/C16H20N4O3S2/c1-19(11-15-18-6-8-24-15)25(22,23)14-4-2-3-12(9-14)16(21)20-7-5-13(17)10-20/h2-4,6,8-9,13H,5,7,10-11,17H2,1H3/t13-/m1/s1. The second kappa shape index (κ2) is 7.20. The van der Waals surface area contributed by atoms with Gasteiger partial charge in [0.1, 0.15) is 5.01 Å². The van der Waals surface area contributed by atoms with Crippen LogP contribution in [-0.4, -0.2) is 54.7 Å². The van der Waals surface area contributed by atoms with Crippen LogP contribution >= 0.6 is 11.3 Å². The molecule has 134 valence electrons. The zero-order valence-electron chi connectivity index (χ0n) is 13.8. The maximum atomic E-state index is 12.8. The molecular formula is C16H20N4O3S2. The van der Waals surface area contributed by atoms with E-state index in [0.717, 1.165) is 6.42 Å². The molecule has 1 aromatic heterocycles. The fraction of sp³-hybridized carbons (Fsp3) is 0.375. The summed E-state index contributed by atoms with van der Waals surface area (Å²) in [6.45, 7) is 1.29. The Labute approximate surface area is 151 Å². The van der Waals surface area contributed by atoms with Gasteiger partial charge in [0.2, 0.25) is 10.0 Å². The summed E-state index contributed by atoms with van der Waals surface area (Å²) < 4.78 is 26.8. The largest absolute Gasteiger partial charge is 0.337 e. The second-order valence-electron chi connectivity index (χ2n) is 6.01. The lowest BCUT2D eigenvalue weighted by atomic mass is 10.2.